The number of rotatable bonds is 3. The van der Waals surface area contributed by atoms with Crippen LogP contribution < -0.4 is 0 Å². The monoisotopic (exact) mass is 396 g/mol. The maximum absolute atomic E-state index is 6.61. The van der Waals surface area contributed by atoms with Gasteiger partial charge in [0, 0.05) is 22.1 Å². The fraction of sp³-hybridized carbons (Fsp3) is 0. The Hall–Kier alpha value is -4.10. The number of furan rings is 1. The Morgan fingerprint density at radius 3 is 1.48 bits per heavy atom. The van der Waals surface area contributed by atoms with Crippen molar-refractivity contribution in [2.24, 2.45) is 0 Å². The van der Waals surface area contributed by atoms with Gasteiger partial charge in [-0.25, -0.2) is 0 Å². The van der Waals surface area contributed by atoms with Gasteiger partial charge < -0.3 is 4.42 Å². The topological polar surface area (TPSA) is 13.1 Å². The molecule has 146 valence electrons. The second kappa shape index (κ2) is 7.30. The highest BCUT2D eigenvalue weighted by molar-refractivity contribution is 6.20. The molecule has 6 rings (SSSR count). The van der Waals surface area contributed by atoms with E-state index in [9.17, 15) is 0 Å². The van der Waals surface area contributed by atoms with Crippen molar-refractivity contribution >= 4 is 21.7 Å². The van der Waals surface area contributed by atoms with Crippen LogP contribution >= 0.6 is 0 Å². The van der Waals surface area contributed by atoms with E-state index in [4.69, 9.17) is 4.42 Å². The zero-order chi connectivity index (χ0) is 20.6. The molecule has 0 N–H and O–H groups in total. The minimum Gasteiger partial charge on any atom is -0.455 e. The summed E-state index contributed by atoms with van der Waals surface area (Å²) >= 11 is 0. The predicted molar refractivity (Wildman–Crippen MR) is 130 cm³/mol. The first-order chi connectivity index (χ1) is 15.4. The SMILES string of the molecule is c1ccc(-c2cc3c(o2)c(-c2ccccc2)c(-c2ccccc2)c2ccccc23)cc1. The summed E-state index contributed by atoms with van der Waals surface area (Å²) in [4.78, 5) is 0. The van der Waals surface area contributed by atoms with Crippen molar-refractivity contribution in [1.82, 2.24) is 0 Å². The van der Waals surface area contributed by atoms with Gasteiger partial charge in [0.15, 0.2) is 0 Å². The molecule has 5 aromatic carbocycles. The minimum atomic E-state index is 0.892. The Labute approximate surface area is 181 Å². The van der Waals surface area contributed by atoms with Crippen LogP contribution in [-0.2, 0) is 0 Å². The van der Waals surface area contributed by atoms with Gasteiger partial charge >= 0.3 is 0 Å². The molecule has 0 atom stereocenters. The molecule has 0 saturated carbocycles. The maximum atomic E-state index is 6.61. The van der Waals surface area contributed by atoms with Gasteiger partial charge in [0.25, 0.3) is 0 Å². The molecule has 1 aromatic heterocycles. The predicted octanol–water partition coefficient (Wildman–Crippen LogP) is 8.59. The molecule has 0 fully saturated rings. The van der Waals surface area contributed by atoms with E-state index in [1.165, 1.54) is 21.9 Å². The highest BCUT2D eigenvalue weighted by Gasteiger charge is 2.21. The lowest BCUT2D eigenvalue weighted by atomic mass is 9.88. The molecule has 0 aliphatic carbocycles. The molecule has 0 bridgehead atoms. The summed E-state index contributed by atoms with van der Waals surface area (Å²) in [6.45, 7) is 0. The van der Waals surface area contributed by atoms with E-state index in [0.29, 0.717) is 0 Å². The van der Waals surface area contributed by atoms with E-state index in [1.807, 2.05) is 18.2 Å². The molecular weight excluding hydrogens is 376 g/mol. The largest absolute Gasteiger partial charge is 0.455 e. The fourth-order valence-electron chi connectivity index (χ4n) is 4.49. The van der Waals surface area contributed by atoms with Crippen molar-refractivity contribution in [3.63, 3.8) is 0 Å². The summed E-state index contributed by atoms with van der Waals surface area (Å²) in [6.07, 6.45) is 0. The third-order valence-corrected chi connectivity index (χ3v) is 5.88. The standard InChI is InChI=1S/C30H20O/c1-4-12-21(13-5-1)27-20-26-24-18-10-11-19-25(24)28(22-14-6-2-7-15-22)29(30(26)31-27)23-16-8-3-9-17-23/h1-20H. The molecule has 0 aliphatic heterocycles. The van der Waals surface area contributed by atoms with Gasteiger partial charge in [-0.3, -0.25) is 0 Å². The Morgan fingerprint density at radius 1 is 0.387 bits per heavy atom. The molecule has 0 saturated heterocycles. The normalized spacial score (nSPS) is 11.2. The molecule has 0 aliphatic rings. The lowest BCUT2D eigenvalue weighted by Gasteiger charge is -2.15. The van der Waals surface area contributed by atoms with E-state index in [0.717, 1.165) is 33.4 Å². The van der Waals surface area contributed by atoms with Crippen LogP contribution in [0.25, 0.3) is 55.3 Å². The Morgan fingerprint density at radius 2 is 0.871 bits per heavy atom. The third kappa shape index (κ3) is 2.94. The Kier molecular flexibility index (Phi) is 4.18. The minimum absolute atomic E-state index is 0.892. The molecule has 1 heteroatoms. The molecule has 0 spiro atoms. The number of hydrogen-bond acceptors (Lipinski definition) is 1. The third-order valence-electron chi connectivity index (χ3n) is 5.88. The highest BCUT2D eigenvalue weighted by atomic mass is 16.3. The fourth-order valence-corrected chi connectivity index (χ4v) is 4.49. The summed E-state index contributed by atoms with van der Waals surface area (Å²) in [7, 11) is 0. The van der Waals surface area contributed by atoms with Crippen LogP contribution in [-0.4, -0.2) is 0 Å². The van der Waals surface area contributed by atoms with Crippen molar-refractivity contribution in [2.45, 2.75) is 0 Å². The first kappa shape index (κ1) is 17.7. The number of benzene rings is 5. The summed E-state index contributed by atoms with van der Waals surface area (Å²) in [5.74, 6) is 0.892. The van der Waals surface area contributed by atoms with Crippen molar-refractivity contribution in [3.05, 3.63) is 121 Å². The molecule has 1 heterocycles. The van der Waals surface area contributed by atoms with Gasteiger partial charge in [0.05, 0.1) is 0 Å². The lowest BCUT2D eigenvalue weighted by molar-refractivity contribution is 0.633. The smallest absolute Gasteiger partial charge is 0.143 e. The first-order valence-electron chi connectivity index (χ1n) is 10.5. The molecule has 31 heavy (non-hydrogen) atoms. The summed E-state index contributed by atoms with van der Waals surface area (Å²) in [6, 6.07) is 42.3. The van der Waals surface area contributed by atoms with Crippen molar-refractivity contribution in [2.75, 3.05) is 0 Å². The quantitative estimate of drug-likeness (QED) is 0.292. The summed E-state index contributed by atoms with van der Waals surface area (Å²) in [5, 5.41) is 3.59. The van der Waals surface area contributed by atoms with Gasteiger partial charge in [0.1, 0.15) is 11.3 Å². The first-order valence-corrected chi connectivity index (χ1v) is 10.5. The van der Waals surface area contributed by atoms with Gasteiger partial charge in [-0.05, 0) is 28.0 Å². The average Bonchev–Trinajstić information content (AvgIpc) is 3.30. The van der Waals surface area contributed by atoms with E-state index >= 15 is 0 Å². The van der Waals surface area contributed by atoms with Crippen molar-refractivity contribution in [3.8, 4) is 33.6 Å². The van der Waals surface area contributed by atoms with Gasteiger partial charge in [0.2, 0.25) is 0 Å². The van der Waals surface area contributed by atoms with Crippen LogP contribution in [0.1, 0.15) is 0 Å². The maximum Gasteiger partial charge on any atom is 0.143 e. The van der Waals surface area contributed by atoms with Crippen LogP contribution in [0.5, 0.6) is 0 Å². The highest BCUT2D eigenvalue weighted by Crippen LogP contribution is 2.46. The average molecular weight is 396 g/mol. The van der Waals surface area contributed by atoms with Gasteiger partial charge in [-0.15, -0.1) is 0 Å². The van der Waals surface area contributed by atoms with Crippen LogP contribution in [0.4, 0.5) is 0 Å². The molecular formula is C30H20O. The zero-order valence-corrected chi connectivity index (χ0v) is 17.0. The van der Waals surface area contributed by atoms with E-state index < -0.39 is 0 Å². The molecule has 6 aromatic rings. The summed E-state index contributed by atoms with van der Waals surface area (Å²) in [5.41, 5.74) is 6.72. The van der Waals surface area contributed by atoms with E-state index in [2.05, 4.69) is 103 Å². The zero-order valence-electron chi connectivity index (χ0n) is 17.0. The Bertz CT molecular complexity index is 1490. The van der Waals surface area contributed by atoms with Crippen molar-refractivity contribution < 1.29 is 4.42 Å². The number of hydrogen-bond donors (Lipinski definition) is 0. The van der Waals surface area contributed by atoms with Crippen LogP contribution in [0.2, 0.25) is 0 Å². The number of fused-ring (bicyclic) bond motifs is 3. The second-order valence-electron chi connectivity index (χ2n) is 7.75. The molecule has 0 radical (unpaired) electrons. The Balaban J connectivity index is 1.81. The molecule has 1 nitrogen and oxygen atoms in total. The lowest BCUT2D eigenvalue weighted by Crippen LogP contribution is -1.89. The second-order valence-corrected chi connectivity index (χ2v) is 7.75. The molecule has 0 amide bonds. The van der Waals surface area contributed by atoms with Crippen molar-refractivity contribution in [1.29, 1.82) is 0 Å². The molecule has 0 unspecified atom stereocenters. The van der Waals surface area contributed by atoms with Crippen LogP contribution in [0.3, 0.4) is 0 Å². The van der Waals surface area contributed by atoms with Gasteiger partial charge in [-0.2, -0.15) is 0 Å². The van der Waals surface area contributed by atoms with Gasteiger partial charge in [-0.1, -0.05) is 115 Å². The van der Waals surface area contributed by atoms with Crippen LogP contribution in [0.15, 0.2) is 126 Å². The summed E-state index contributed by atoms with van der Waals surface area (Å²) < 4.78 is 6.61. The van der Waals surface area contributed by atoms with E-state index in [-0.39, 0.29) is 0 Å². The van der Waals surface area contributed by atoms with E-state index in [1.54, 1.807) is 0 Å². The van der Waals surface area contributed by atoms with Crippen LogP contribution in [0, 0.1) is 0 Å².